The first-order chi connectivity index (χ1) is 34.8. The van der Waals surface area contributed by atoms with Gasteiger partial charge in [-0.3, -0.25) is 9.97 Å². The van der Waals surface area contributed by atoms with Gasteiger partial charge in [-0.25, -0.2) is 0 Å². The van der Waals surface area contributed by atoms with Gasteiger partial charge in [-0.1, -0.05) is 194 Å². The number of fused-ring (bicyclic) bond motifs is 4. The quantitative estimate of drug-likeness (QED) is 0.142. The summed E-state index contributed by atoms with van der Waals surface area (Å²) in [5.41, 5.74) is 15.3. The van der Waals surface area contributed by atoms with Crippen molar-refractivity contribution in [1.82, 2.24) is 9.97 Å². The van der Waals surface area contributed by atoms with Gasteiger partial charge in [0, 0.05) is 47.3 Å². The molecular formula is C65H46N4Si. The zero-order valence-electron chi connectivity index (χ0n) is 38.3. The molecule has 0 N–H and O–H groups in total. The van der Waals surface area contributed by atoms with E-state index in [0.717, 1.165) is 45.0 Å². The summed E-state index contributed by atoms with van der Waals surface area (Å²) in [7, 11) is -2.90. The Hall–Kier alpha value is -8.90. The molecule has 2 aromatic heterocycles. The van der Waals surface area contributed by atoms with Crippen LogP contribution in [0.2, 0.25) is 0 Å². The van der Waals surface area contributed by atoms with Gasteiger partial charge in [0.2, 0.25) is 0 Å². The van der Waals surface area contributed by atoms with E-state index in [1.165, 1.54) is 54.4 Å². The topological polar surface area (TPSA) is 32.3 Å². The Morgan fingerprint density at radius 3 is 1.07 bits per heavy atom. The molecule has 0 radical (unpaired) electrons. The van der Waals surface area contributed by atoms with Crippen molar-refractivity contribution in [2.24, 2.45) is 0 Å². The van der Waals surface area contributed by atoms with Crippen LogP contribution in [0.15, 0.2) is 280 Å². The summed E-state index contributed by atoms with van der Waals surface area (Å²) in [5, 5.41) is 5.39. The molecular weight excluding hydrogens is 865 g/mol. The van der Waals surface area contributed by atoms with Gasteiger partial charge in [0.1, 0.15) is 0 Å². The molecule has 0 bridgehead atoms. The molecule has 0 amide bonds. The Morgan fingerprint density at radius 2 is 0.643 bits per heavy atom. The van der Waals surface area contributed by atoms with Crippen LogP contribution in [0.5, 0.6) is 0 Å². The summed E-state index contributed by atoms with van der Waals surface area (Å²) in [4.78, 5) is 14.1. The minimum atomic E-state index is -2.90. The highest BCUT2D eigenvalue weighted by Gasteiger charge is 2.50. The molecule has 0 atom stereocenters. The van der Waals surface area contributed by atoms with Crippen LogP contribution in [0, 0.1) is 0 Å². The first-order valence-electron chi connectivity index (χ1n) is 24.0. The van der Waals surface area contributed by atoms with Gasteiger partial charge in [0.05, 0.1) is 28.2 Å². The van der Waals surface area contributed by atoms with E-state index in [2.05, 4.69) is 275 Å². The van der Waals surface area contributed by atoms with Crippen LogP contribution in [0.4, 0.5) is 34.1 Å². The largest absolute Gasteiger partial charge is 0.310 e. The van der Waals surface area contributed by atoms with Crippen LogP contribution >= 0.6 is 0 Å². The number of nitrogens with zero attached hydrogens (tertiary/aromatic N) is 4. The van der Waals surface area contributed by atoms with Gasteiger partial charge < -0.3 is 9.80 Å². The fourth-order valence-corrected chi connectivity index (χ4v) is 16.9. The van der Waals surface area contributed by atoms with Gasteiger partial charge >= 0.3 is 0 Å². The number of hydrogen-bond donors (Lipinski definition) is 0. The Labute approximate surface area is 410 Å². The molecule has 4 nitrogen and oxygen atoms in total. The number of aromatic nitrogens is 2. The molecule has 4 heterocycles. The maximum Gasteiger partial charge on any atom is 0.184 e. The normalized spacial score (nSPS) is 13.9. The van der Waals surface area contributed by atoms with Crippen molar-refractivity contribution < 1.29 is 0 Å². The van der Waals surface area contributed by atoms with E-state index in [1.807, 2.05) is 24.8 Å². The zero-order valence-corrected chi connectivity index (χ0v) is 39.3. The fraction of sp³-hybridized carbons (Fsp3) is 0.0154. The van der Waals surface area contributed by atoms with E-state index in [4.69, 9.17) is 0 Å². The molecule has 70 heavy (non-hydrogen) atoms. The molecule has 5 heteroatoms. The summed E-state index contributed by atoms with van der Waals surface area (Å²) in [5.74, 6) is 0. The van der Waals surface area contributed by atoms with Crippen molar-refractivity contribution in [1.29, 1.82) is 0 Å². The van der Waals surface area contributed by atoms with Crippen molar-refractivity contribution in [2.75, 3.05) is 9.80 Å². The minimum Gasteiger partial charge on any atom is -0.310 e. The average molecular weight is 911 g/mol. The zero-order chi connectivity index (χ0) is 46.5. The monoisotopic (exact) mass is 910 g/mol. The summed E-state index contributed by atoms with van der Waals surface area (Å²) in [6.07, 6.45) is 7.62. The van der Waals surface area contributed by atoms with E-state index in [1.54, 1.807) is 0 Å². The molecule has 0 saturated heterocycles. The van der Waals surface area contributed by atoms with Crippen LogP contribution in [-0.4, -0.2) is 18.0 Å². The molecule has 9 aromatic carbocycles. The predicted octanol–water partition coefficient (Wildman–Crippen LogP) is 13.1. The fourth-order valence-electron chi connectivity index (χ4n) is 11.8. The smallest absolute Gasteiger partial charge is 0.184 e. The van der Waals surface area contributed by atoms with E-state index in [0.29, 0.717) is 0 Å². The van der Waals surface area contributed by atoms with Crippen LogP contribution in [0.1, 0.15) is 22.3 Å². The number of pyridine rings is 2. The molecule has 0 unspecified atom stereocenters. The number of benzene rings is 9. The average Bonchev–Trinajstić information content (AvgIpc) is 3.45. The lowest BCUT2D eigenvalue weighted by atomic mass is 9.62. The third-order valence-electron chi connectivity index (χ3n) is 14.6. The van der Waals surface area contributed by atoms with E-state index in [9.17, 15) is 0 Å². The number of rotatable bonds is 8. The van der Waals surface area contributed by atoms with Gasteiger partial charge in [0.25, 0.3) is 0 Å². The highest BCUT2D eigenvalue weighted by atomic mass is 28.3. The maximum absolute atomic E-state index is 4.53. The molecule has 0 aliphatic carbocycles. The Bertz CT molecular complexity index is 3240. The van der Waals surface area contributed by atoms with Crippen LogP contribution < -0.4 is 30.5 Å². The molecule has 0 fully saturated rings. The first-order valence-corrected chi connectivity index (χ1v) is 26.0. The lowest BCUT2D eigenvalue weighted by Crippen LogP contribution is -2.77. The molecule has 0 spiro atoms. The van der Waals surface area contributed by atoms with Crippen LogP contribution in [0.25, 0.3) is 22.3 Å². The van der Waals surface area contributed by atoms with Gasteiger partial charge in [-0.2, -0.15) is 0 Å². The second-order valence-electron chi connectivity index (χ2n) is 18.1. The number of anilines is 6. The highest BCUT2D eigenvalue weighted by molar-refractivity contribution is 7.21. The Morgan fingerprint density at radius 1 is 0.300 bits per heavy atom. The third-order valence-corrected chi connectivity index (χ3v) is 19.5. The maximum atomic E-state index is 4.53. The van der Waals surface area contributed by atoms with Gasteiger partial charge in [-0.05, 0) is 115 Å². The molecule has 2 aliphatic heterocycles. The lowest BCUT2D eigenvalue weighted by Gasteiger charge is -2.47. The summed E-state index contributed by atoms with van der Waals surface area (Å²) in [6.45, 7) is 0. The van der Waals surface area contributed by atoms with E-state index in [-0.39, 0.29) is 0 Å². The van der Waals surface area contributed by atoms with Crippen molar-refractivity contribution >= 4 is 62.9 Å². The Balaban J connectivity index is 1.15. The molecule has 330 valence electrons. The van der Waals surface area contributed by atoms with Crippen LogP contribution in [0.3, 0.4) is 0 Å². The SMILES string of the molecule is c1ccc(C2(c3ccccc3)c3ccccc3N(c3cc(N4c5ccccc5[Si](c5ccccc5)(c5ccccc5)c5ccccc54)c(-c4ccncc4)cc3-c3ccncc3)c3ccccc32)cc1. The highest BCUT2D eigenvalue weighted by Crippen LogP contribution is 2.59. The molecule has 0 saturated carbocycles. The minimum absolute atomic E-state index is 0.615. The van der Waals surface area contributed by atoms with Crippen molar-refractivity contribution in [3.8, 4) is 22.3 Å². The summed E-state index contributed by atoms with van der Waals surface area (Å²) < 4.78 is 0. The van der Waals surface area contributed by atoms with Crippen molar-refractivity contribution in [3.63, 3.8) is 0 Å². The van der Waals surface area contributed by atoms with Gasteiger partial charge in [-0.15, -0.1) is 0 Å². The number of hydrogen-bond acceptors (Lipinski definition) is 4. The molecule has 2 aliphatic rings. The number of para-hydroxylation sites is 4. The van der Waals surface area contributed by atoms with Crippen LogP contribution in [-0.2, 0) is 5.41 Å². The first kappa shape index (κ1) is 41.3. The summed E-state index contributed by atoms with van der Waals surface area (Å²) >= 11 is 0. The van der Waals surface area contributed by atoms with E-state index < -0.39 is 13.5 Å². The second-order valence-corrected chi connectivity index (χ2v) is 21.8. The third kappa shape index (κ3) is 6.22. The molecule has 13 rings (SSSR count). The predicted molar refractivity (Wildman–Crippen MR) is 291 cm³/mol. The Kier molecular flexibility index (Phi) is 10.0. The summed E-state index contributed by atoms with van der Waals surface area (Å²) in [6, 6.07) is 94.4. The van der Waals surface area contributed by atoms with Gasteiger partial charge in [0.15, 0.2) is 8.07 Å². The van der Waals surface area contributed by atoms with E-state index >= 15 is 0 Å². The standard InChI is InChI=1S/C65H46N4Si/c1-5-21-49(22-6-1)65(50-23-7-2-8-24-50)55-29-13-15-31-57(55)68(58-32-16-14-30-56(58)65)61-46-62(54(48-39-43-67-44-40-48)45-53(61)47-37-41-66-42-38-47)69-59-33-17-19-35-63(59)70(51-25-9-3-10-26-51,52-27-11-4-12-28-52)64-36-20-18-34-60(64)69/h1-46H. The molecule has 11 aromatic rings. The second kappa shape index (κ2) is 17.0. The van der Waals surface area contributed by atoms with Crippen molar-refractivity contribution in [2.45, 2.75) is 5.41 Å². The van der Waals surface area contributed by atoms with Crippen molar-refractivity contribution in [3.05, 3.63) is 302 Å². The lowest BCUT2D eigenvalue weighted by molar-refractivity contribution is 0.731.